The molecule has 150 valence electrons. The van der Waals surface area contributed by atoms with Gasteiger partial charge in [0, 0.05) is 24.6 Å². The van der Waals surface area contributed by atoms with E-state index in [0.29, 0.717) is 12.0 Å². The van der Waals surface area contributed by atoms with E-state index in [4.69, 9.17) is 9.68 Å². The molecule has 2 aromatic rings. The fourth-order valence-corrected chi connectivity index (χ4v) is 3.10. The van der Waals surface area contributed by atoms with Gasteiger partial charge in [-0.3, -0.25) is 4.79 Å². The normalized spacial score (nSPS) is 13.6. The molecule has 0 saturated heterocycles. The fraction of sp³-hybridized carbons (Fsp3) is 0.227. The van der Waals surface area contributed by atoms with E-state index in [-0.39, 0.29) is 24.0 Å². The van der Waals surface area contributed by atoms with Crippen LogP contribution in [0.4, 0.5) is 4.39 Å². The molecule has 0 fully saturated rings. The first-order chi connectivity index (χ1) is 14.0. The van der Waals surface area contributed by atoms with Crippen LogP contribution in [0.2, 0.25) is 0 Å². The van der Waals surface area contributed by atoms with Crippen molar-refractivity contribution in [3.05, 3.63) is 76.1 Å². The minimum absolute atomic E-state index is 0.155. The lowest BCUT2D eigenvalue weighted by molar-refractivity contribution is -0.114. The standard InChI is InChI=1S/C22H22FN3O3/c1-14(17-10-15-8-9-19(23)12-18(15)11-17)25-29-13-16-6-4-5-7-20(16)21(26-28-3)22(27)24-2/h4-10,12H,11,13H2,1-3H3,(H,24,27)/b25-14+,26-21+. The number of fused-ring (bicyclic) bond motifs is 1. The van der Waals surface area contributed by atoms with E-state index >= 15 is 0 Å². The predicted molar refractivity (Wildman–Crippen MR) is 110 cm³/mol. The highest BCUT2D eigenvalue weighted by atomic mass is 19.1. The second-order valence-corrected chi connectivity index (χ2v) is 6.50. The molecule has 1 aliphatic carbocycles. The zero-order chi connectivity index (χ0) is 20.8. The summed E-state index contributed by atoms with van der Waals surface area (Å²) in [7, 11) is 2.91. The van der Waals surface area contributed by atoms with Crippen molar-refractivity contribution in [1.82, 2.24) is 5.32 Å². The summed E-state index contributed by atoms with van der Waals surface area (Å²) < 4.78 is 13.4. The summed E-state index contributed by atoms with van der Waals surface area (Å²) >= 11 is 0. The molecule has 0 aromatic heterocycles. The molecule has 1 N–H and O–H groups in total. The third-order valence-corrected chi connectivity index (χ3v) is 4.60. The largest absolute Gasteiger partial charge is 0.398 e. The first-order valence-corrected chi connectivity index (χ1v) is 9.11. The summed E-state index contributed by atoms with van der Waals surface area (Å²) in [4.78, 5) is 22.5. The number of rotatable bonds is 7. The van der Waals surface area contributed by atoms with Gasteiger partial charge < -0.3 is 15.0 Å². The van der Waals surface area contributed by atoms with Gasteiger partial charge in [-0.05, 0) is 41.8 Å². The number of halogens is 1. The van der Waals surface area contributed by atoms with Crippen LogP contribution >= 0.6 is 0 Å². The Hall–Kier alpha value is -3.48. The summed E-state index contributed by atoms with van der Waals surface area (Å²) in [5, 5.41) is 10.6. The fourth-order valence-electron chi connectivity index (χ4n) is 3.10. The zero-order valence-corrected chi connectivity index (χ0v) is 16.5. The first kappa shape index (κ1) is 20.3. The predicted octanol–water partition coefficient (Wildman–Crippen LogP) is 3.45. The van der Waals surface area contributed by atoms with Crippen molar-refractivity contribution in [2.45, 2.75) is 20.0 Å². The van der Waals surface area contributed by atoms with Gasteiger partial charge >= 0.3 is 0 Å². The Kier molecular flexibility index (Phi) is 6.39. The van der Waals surface area contributed by atoms with E-state index in [1.807, 2.05) is 25.1 Å². The molecule has 0 radical (unpaired) electrons. The van der Waals surface area contributed by atoms with Gasteiger partial charge in [0.25, 0.3) is 5.91 Å². The number of amides is 1. The van der Waals surface area contributed by atoms with Crippen LogP contribution in [-0.4, -0.2) is 31.5 Å². The quantitative estimate of drug-likeness (QED) is 0.577. The Morgan fingerprint density at radius 2 is 2.00 bits per heavy atom. The molecule has 0 spiro atoms. The number of likely N-dealkylation sites (N-methyl/N-ethyl adjacent to an activating group) is 1. The van der Waals surface area contributed by atoms with Gasteiger partial charge in [0.2, 0.25) is 0 Å². The Balaban J connectivity index is 1.73. The van der Waals surface area contributed by atoms with Gasteiger partial charge in [0.1, 0.15) is 19.5 Å². The van der Waals surface area contributed by atoms with Gasteiger partial charge in [0.05, 0.1) is 5.71 Å². The van der Waals surface area contributed by atoms with Gasteiger partial charge in [-0.2, -0.15) is 0 Å². The van der Waals surface area contributed by atoms with Gasteiger partial charge in [-0.25, -0.2) is 4.39 Å². The Morgan fingerprint density at radius 1 is 1.21 bits per heavy atom. The summed E-state index contributed by atoms with van der Waals surface area (Å²) in [6.45, 7) is 2.00. The van der Waals surface area contributed by atoms with E-state index in [0.717, 1.165) is 28.0 Å². The van der Waals surface area contributed by atoms with Crippen molar-refractivity contribution in [1.29, 1.82) is 0 Å². The maximum atomic E-state index is 13.4. The molecular formula is C22H22FN3O3. The maximum Gasteiger partial charge on any atom is 0.273 e. The molecule has 3 rings (SSSR count). The summed E-state index contributed by atoms with van der Waals surface area (Å²) in [6, 6.07) is 12.0. The number of benzene rings is 2. The van der Waals surface area contributed by atoms with Crippen LogP contribution in [0.1, 0.15) is 29.2 Å². The van der Waals surface area contributed by atoms with Gasteiger partial charge in [0.15, 0.2) is 5.71 Å². The minimum Gasteiger partial charge on any atom is -0.398 e. The maximum absolute atomic E-state index is 13.4. The van der Waals surface area contributed by atoms with Crippen LogP contribution in [0.25, 0.3) is 6.08 Å². The smallest absolute Gasteiger partial charge is 0.273 e. The van der Waals surface area contributed by atoms with Crippen molar-refractivity contribution in [2.75, 3.05) is 14.2 Å². The van der Waals surface area contributed by atoms with Crippen molar-refractivity contribution in [3.63, 3.8) is 0 Å². The number of oxime groups is 2. The highest BCUT2D eigenvalue weighted by Crippen LogP contribution is 2.26. The highest BCUT2D eigenvalue weighted by molar-refractivity contribution is 6.45. The number of nitrogens with one attached hydrogen (secondary N) is 1. The van der Waals surface area contributed by atoms with E-state index in [1.54, 1.807) is 24.3 Å². The first-order valence-electron chi connectivity index (χ1n) is 9.11. The van der Waals surface area contributed by atoms with Crippen molar-refractivity contribution in [2.24, 2.45) is 10.3 Å². The molecule has 29 heavy (non-hydrogen) atoms. The van der Waals surface area contributed by atoms with Gasteiger partial charge in [-0.15, -0.1) is 0 Å². The number of allylic oxidation sites excluding steroid dienone is 1. The van der Waals surface area contributed by atoms with E-state index in [9.17, 15) is 9.18 Å². The van der Waals surface area contributed by atoms with Crippen LogP contribution in [0.15, 0.2) is 58.3 Å². The SMILES string of the molecule is CNC(=O)/C(=N/OC)c1ccccc1CO/N=C(\C)C1=Cc2ccc(F)cc2C1. The summed E-state index contributed by atoms with van der Waals surface area (Å²) in [5.74, 6) is -0.606. The lowest BCUT2D eigenvalue weighted by Crippen LogP contribution is -2.29. The summed E-state index contributed by atoms with van der Waals surface area (Å²) in [5.41, 5.74) is 5.13. The zero-order valence-electron chi connectivity index (χ0n) is 16.5. The van der Waals surface area contributed by atoms with Crippen LogP contribution in [0.5, 0.6) is 0 Å². The number of carbonyl (C=O) groups excluding carboxylic acids is 1. The molecule has 1 amide bonds. The monoisotopic (exact) mass is 395 g/mol. The molecule has 1 aliphatic rings. The average Bonchev–Trinajstić information content (AvgIpc) is 3.15. The van der Waals surface area contributed by atoms with Crippen LogP contribution in [-0.2, 0) is 27.5 Å². The molecule has 0 bridgehead atoms. The lowest BCUT2D eigenvalue weighted by atomic mass is 10.0. The molecule has 0 atom stereocenters. The molecule has 7 heteroatoms. The Labute approximate surface area is 168 Å². The van der Waals surface area contributed by atoms with E-state index in [1.165, 1.54) is 20.2 Å². The number of hydrogen-bond acceptors (Lipinski definition) is 5. The Bertz CT molecular complexity index is 1010. The molecule has 6 nitrogen and oxygen atoms in total. The Morgan fingerprint density at radius 3 is 2.76 bits per heavy atom. The van der Waals surface area contributed by atoms with Gasteiger partial charge in [-0.1, -0.05) is 40.6 Å². The van der Waals surface area contributed by atoms with Crippen LogP contribution < -0.4 is 5.32 Å². The van der Waals surface area contributed by atoms with Crippen LogP contribution in [0.3, 0.4) is 0 Å². The molecule has 0 unspecified atom stereocenters. The molecule has 2 aromatic carbocycles. The summed E-state index contributed by atoms with van der Waals surface area (Å²) in [6.07, 6.45) is 2.60. The second kappa shape index (κ2) is 9.14. The van der Waals surface area contributed by atoms with Crippen molar-refractivity contribution in [3.8, 4) is 0 Å². The highest BCUT2D eigenvalue weighted by Gasteiger charge is 2.18. The number of nitrogens with zero attached hydrogens (tertiary/aromatic N) is 2. The average molecular weight is 395 g/mol. The van der Waals surface area contributed by atoms with E-state index in [2.05, 4.69) is 15.6 Å². The van der Waals surface area contributed by atoms with E-state index < -0.39 is 0 Å². The minimum atomic E-state index is -0.361. The second-order valence-electron chi connectivity index (χ2n) is 6.50. The number of carbonyl (C=O) groups is 1. The molecule has 0 heterocycles. The number of hydrogen-bond donors (Lipinski definition) is 1. The van der Waals surface area contributed by atoms with Crippen molar-refractivity contribution >= 4 is 23.4 Å². The third kappa shape index (κ3) is 4.68. The van der Waals surface area contributed by atoms with Crippen LogP contribution in [0, 0.1) is 5.82 Å². The lowest BCUT2D eigenvalue weighted by Gasteiger charge is -2.10. The third-order valence-electron chi connectivity index (χ3n) is 4.60. The molecule has 0 aliphatic heterocycles. The topological polar surface area (TPSA) is 72.3 Å². The van der Waals surface area contributed by atoms with Crippen molar-refractivity contribution < 1.29 is 18.9 Å². The molecular weight excluding hydrogens is 373 g/mol. The molecule has 0 saturated carbocycles.